The van der Waals surface area contributed by atoms with Crippen LogP contribution < -0.4 is 5.19 Å². The van der Waals surface area contributed by atoms with Gasteiger partial charge in [-0.1, -0.05) is 128 Å². The Hall–Kier alpha value is -6.17. The zero-order valence-corrected chi connectivity index (χ0v) is 39.0. The van der Waals surface area contributed by atoms with Crippen LogP contribution in [0.25, 0.3) is 83.6 Å². The van der Waals surface area contributed by atoms with E-state index in [1.165, 1.54) is 49.7 Å². The van der Waals surface area contributed by atoms with Gasteiger partial charge in [-0.15, -0.1) is 54.1 Å². The second-order valence-corrected chi connectivity index (χ2v) is 21.7. The SMILES string of the molecule is C[Si](C)(C)c1ccc(-c2[c-]cccc2)nc1.Cc1cccc(C)c1-c1cccc(-c2c(C)cccc2C)c1-n1c(-c2[c-]ccc3c2oc2ccccc23)nc2ccccc21.[Ir]. The van der Waals surface area contributed by atoms with E-state index in [1.807, 2.05) is 48.7 Å². The van der Waals surface area contributed by atoms with Crippen LogP contribution in [0, 0.1) is 39.8 Å². The molecule has 7 aromatic carbocycles. The number of fused-ring (bicyclic) bond motifs is 4. The molecule has 6 heteroatoms. The van der Waals surface area contributed by atoms with Crippen LogP contribution in [0.2, 0.25) is 19.6 Å². The van der Waals surface area contributed by atoms with Crippen LogP contribution in [-0.4, -0.2) is 22.6 Å². The summed E-state index contributed by atoms with van der Waals surface area (Å²) in [4.78, 5) is 9.83. The summed E-state index contributed by atoms with van der Waals surface area (Å²) in [7, 11) is -1.23. The molecule has 0 saturated heterocycles. The first-order valence-electron chi connectivity index (χ1n) is 20.6. The van der Waals surface area contributed by atoms with Gasteiger partial charge in [-0.05, 0) is 90.2 Å². The standard InChI is InChI=1S/C41H31N2O.C14H16NSi.Ir/c1-25-13-9-14-26(2)37(25)31-19-12-20-32(38-27(3)15-10-16-28(38)4)39(31)43-35-23-7-6-22-34(35)42-41(43)33-21-11-18-30-29-17-5-8-24-36(29)44-40(30)33;1-16(2,3)13-9-10-14(15-11-13)12-7-5-4-6-8-12;/h5-20,22-24H,1-4H3;4-7,9-11H,1-3H3;/q2*-1;. The van der Waals surface area contributed by atoms with Gasteiger partial charge in [0.2, 0.25) is 0 Å². The third-order valence-corrected chi connectivity index (χ3v) is 13.5. The Bertz CT molecular complexity index is 3070. The van der Waals surface area contributed by atoms with Gasteiger partial charge >= 0.3 is 0 Å². The summed E-state index contributed by atoms with van der Waals surface area (Å²) in [6.45, 7) is 15.8. The number of para-hydroxylation sites is 4. The van der Waals surface area contributed by atoms with Crippen LogP contribution >= 0.6 is 0 Å². The van der Waals surface area contributed by atoms with E-state index in [0.29, 0.717) is 0 Å². The Labute approximate surface area is 373 Å². The summed E-state index contributed by atoms with van der Waals surface area (Å²) in [5, 5.41) is 3.55. The molecule has 0 amide bonds. The minimum Gasteiger partial charge on any atom is -0.501 e. The van der Waals surface area contributed by atoms with Crippen molar-refractivity contribution in [3.63, 3.8) is 0 Å². The van der Waals surface area contributed by atoms with E-state index in [0.717, 1.165) is 61.3 Å². The van der Waals surface area contributed by atoms with Gasteiger partial charge in [-0.3, -0.25) is 4.98 Å². The van der Waals surface area contributed by atoms with Crippen molar-refractivity contribution in [2.24, 2.45) is 0 Å². The Kier molecular flexibility index (Phi) is 11.6. The number of aromatic nitrogens is 3. The van der Waals surface area contributed by atoms with E-state index in [4.69, 9.17) is 9.40 Å². The van der Waals surface area contributed by atoms with E-state index in [1.54, 1.807) is 0 Å². The van der Waals surface area contributed by atoms with Gasteiger partial charge in [-0.2, -0.15) is 0 Å². The fraction of sp³-hybridized carbons (Fsp3) is 0.127. The first-order chi connectivity index (χ1) is 29.1. The predicted molar refractivity (Wildman–Crippen MR) is 254 cm³/mol. The molecule has 61 heavy (non-hydrogen) atoms. The van der Waals surface area contributed by atoms with Crippen molar-refractivity contribution in [2.45, 2.75) is 47.3 Å². The minimum absolute atomic E-state index is 0. The Morgan fingerprint density at radius 3 is 1.82 bits per heavy atom. The number of imidazole rings is 1. The smallest absolute Gasteiger partial charge is 0.120 e. The third-order valence-electron chi connectivity index (χ3n) is 11.5. The molecule has 0 aliphatic carbocycles. The zero-order chi connectivity index (χ0) is 41.5. The average Bonchev–Trinajstić information content (AvgIpc) is 3.83. The second kappa shape index (κ2) is 17.1. The second-order valence-electron chi connectivity index (χ2n) is 16.6. The van der Waals surface area contributed by atoms with Crippen molar-refractivity contribution >= 4 is 46.2 Å². The van der Waals surface area contributed by atoms with Gasteiger partial charge in [0.15, 0.2) is 0 Å². The normalized spacial score (nSPS) is 11.4. The van der Waals surface area contributed by atoms with Crippen molar-refractivity contribution in [1.82, 2.24) is 14.5 Å². The molecule has 0 N–H and O–H groups in total. The van der Waals surface area contributed by atoms with Crippen molar-refractivity contribution in [3.05, 3.63) is 192 Å². The van der Waals surface area contributed by atoms with Gasteiger partial charge in [-0.25, -0.2) is 0 Å². The van der Waals surface area contributed by atoms with Crippen molar-refractivity contribution < 1.29 is 24.5 Å². The molecular weight excluding hydrogens is 939 g/mol. The van der Waals surface area contributed by atoms with Crippen molar-refractivity contribution in [1.29, 1.82) is 0 Å². The van der Waals surface area contributed by atoms with Gasteiger partial charge in [0.05, 0.1) is 36.2 Å². The van der Waals surface area contributed by atoms with E-state index >= 15 is 0 Å². The summed E-state index contributed by atoms with van der Waals surface area (Å²) >= 11 is 0. The number of nitrogens with zero attached hydrogens (tertiary/aromatic N) is 3. The molecule has 303 valence electrons. The van der Waals surface area contributed by atoms with Gasteiger partial charge < -0.3 is 14.0 Å². The Morgan fingerprint density at radius 2 is 1.20 bits per heavy atom. The average molecular weight is 986 g/mol. The molecule has 0 aliphatic rings. The van der Waals surface area contributed by atoms with Crippen LogP contribution in [0.15, 0.2) is 162 Å². The Morgan fingerprint density at radius 1 is 0.574 bits per heavy atom. The molecule has 3 aromatic heterocycles. The number of rotatable bonds is 6. The number of hydrogen-bond donors (Lipinski definition) is 0. The molecule has 0 bridgehead atoms. The van der Waals surface area contributed by atoms with Crippen LogP contribution in [0.4, 0.5) is 0 Å². The van der Waals surface area contributed by atoms with Crippen LogP contribution in [0.3, 0.4) is 0 Å². The number of benzene rings is 7. The van der Waals surface area contributed by atoms with Gasteiger partial charge in [0.1, 0.15) is 5.58 Å². The molecule has 1 radical (unpaired) electrons. The molecule has 4 nitrogen and oxygen atoms in total. The summed E-state index contributed by atoms with van der Waals surface area (Å²) < 4.78 is 8.89. The van der Waals surface area contributed by atoms with Gasteiger partial charge in [0, 0.05) is 42.8 Å². The molecule has 3 heterocycles. The van der Waals surface area contributed by atoms with Crippen molar-refractivity contribution in [3.8, 4) is 50.6 Å². The third kappa shape index (κ3) is 7.84. The number of furan rings is 1. The molecular formula is C55H47IrN3OSi-2. The van der Waals surface area contributed by atoms with E-state index in [9.17, 15) is 0 Å². The van der Waals surface area contributed by atoms with Crippen LogP contribution in [-0.2, 0) is 20.1 Å². The van der Waals surface area contributed by atoms with E-state index in [2.05, 4.69) is 178 Å². The van der Waals surface area contributed by atoms with Crippen molar-refractivity contribution in [2.75, 3.05) is 0 Å². The molecule has 0 fully saturated rings. The molecule has 0 saturated carbocycles. The largest absolute Gasteiger partial charge is 0.501 e. The number of aryl methyl sites for hydroxylation is 4. The first-order valence-corrected chi connectivity index (χ1v) is 24.1. The fourth-order valence-corrected chi connectivity index (χ4v) is 9.53. The minimum atomic E-state index is -1.23. The summed E-state index contributed by atoms with van der Waals surface area (Å²) in [6.07, 6.45) is 2.02. The molecule has 0 unspecified atom stereocenters. The quantitative estimate of drug-likeness (QED) is 0.123. The number of pyridine rings is 1. The predicted octanol–water partition coefficient (Wildman–Crippen LogP) is 14.1. The molecule has 0 atom stereocenters. The van der Waals surface area contributed by atoms with Crippen LogP contribution in [0.5, 0.6) is 0 Å². The maximum atomic E-state index is 6.55. The first kappa shape index (κ1) is 41.6. The monoisotopic (exact) mass is 986 g/mol. The molecule has 10 rings (SSSR count). The Balaban J connectivity index is 0.000000255. The summed E-state index contributed by atoms with van der Waals surface area (Å²) in [5.41, 5.74) is 17.4. The van der Waals surface area contributed by atoms with Crippen LogP contribution in [0.1, 0.15) is 22.3 Å². The maximum absolute atomic E-state index is 6.55. The topological polar surface area (TPSA) is 43.9 Å². The molecule has 10 aromatic rings. The summed E-state index contributed by atoms with van der Waals surface area (Å²) in [6, 6.07) is 59.5. The summed E-state index contributed by atoms with van der Waals surface area (Å²) in [5.74, 6) is 0.807. The zero-order valence-electron chi connectivity index (χ0n) is 35.6. The number of hydrogen-bond acceptors (Lipinski definition) is 3. The van der Waals surface area contributed by atoms with E-state index in [-0.39, 0.29) is 20.1 Å². The van der Waals surface area contributed by atoms with Gasteiger partial charge in [0.25, 0.3) is 0 Å². The molecule has 0 aliphatic heterocycles. The van der Waals surface area contributed by atoms with E-state index < -0.39 is 8.07 Å². The molecule has 0 spiro atoms. The maximum Gasteiger partial charge on any atom is 0.120 e. The fourth-order valence-electron chi connectivity index (χ4n) is 8.49.